The van der Waals surface area contributed by atoms with E-state index in [1.54, 1.807) is 0 Å². The fraction of sp³-hybridized carbons (Fsp3) is 0.286. The molecule has 3 aromatic carbocycles. The van der Waals surface area contributed by atoms with Gasteiger partial charge in [-0.2, -0.15) is 0 Å². The molecule has 0 radical (unpaired) electrons. The number of fused-ring (bicyclic) bond motifs is 1. The number of hydrogen-bond donors (Lipinski definition) is 0. The van der Waals surface area contributed by atoms with Gasteiger partial charge in [0.1, 0.15) is 0 Å². The first kappa shape index (κ1) is 27.7. The summed E-state index contributed by atoms with van der Waals surface area (Å²) >= 11 is 2.23. The van der Waals surface area contributed by atoms with Crippen molar-refractivity contribution in [3.63, 3.8) is 0 Å². The number of allylic oxidation sites excluding steroid dienone is 2. The Morgan fingerprint density at radius 3 is 2.21 bits per heavy atom. The Kier molecular flexibility index (Phi) is 9.85. The van der Waals surface area contributed by atoms with E-state index in [1.165, 1.54) is 55.4 Å². The molecule has 0 heterocycles. The molecule has 1 aliphatic carbocycles. The summed E-state index contributed by atoms with van der Waals surface area (Å²) in [5, 5.41) is 2.67. The van der Waals surface area contributed by atoms with E-state index in [9.17, 15) is 0 Å². The molecule has 173 valence electrons. The van der Waals surface area contributed by atoms with Gasteiger partial charge in [0, 0.05) is 0 Å². The van der Waals surface area contributed by atoms with Crippen molar-refractivity contribution >= 4 is 46.8 Å². The van der Waals surface area contributed by atoms with E-state index >= 15 is 0 Å². The van der Waals surface area contributed by atoms with Crippen molar-refractivity contribution in [3.8, 4) is 0 Å². The smallest absolute Gasteiger partial charge is 0.147 e. The SMILES string of the molecule is Cc1cc(C)c([N]([Ti])Cc2c(C3=C(CN(C)C)C=CC3)ccc3ccccc23)c(C)c1.Cl.Cl. The minimum atomic E-state index is 0. The molecule has 2 nitrogen and oxygen atoms in total. The predicted octanol–water partition coefficient (Wildman–Crippen LogP) is 7.35. The van der Waals surface area contributed by atoms with Gasteiger partial charge in [-0.3, -0.25) is 0 Å². The minimum absolute atomic E-state index is 0. The van der Waals surface area contributed by atoms with E-state index in [1.807, 2.05) is 0 Å². The molecule has 0 aliphatic heterocycles. The van der Waals surface area contributed by atoms with E-state index in [0.29, 0.717) is 0 Å². The second-order valence-electron chi connectivity index (χ2n) is 8.99. The standard InChI is InChI=1S/C28H31N2.2ClH.Ti/c1-19-15-20(2)28(21(3)16-19)29-17-27-24-11-7-6-9-22(24)13-14-26(27)25-12-8-10-23(25)18-30(4)5;;;/h6-11,13-16H,12,17-18H2,1-5H3;2*1H;/q-1;;;+1. The molecule has 0 fully saturated rings. The molecular weight excluding hydrogens is 483 g/mol. The topological polar surface area (TPSA) is 6.48 Å². The first-order chi connectivity index (χ1) is 14.8. The molecule has 4 rings (SSSR count). The summed E-state index contributed by atoms with van der Waals surface area (Å²) in [4.78, 5) is 2.26. The minimum Gasteiger partial charge on any atom is -0.147 e. The molecule has 0 N–H and O–H groups in total. The van der Waals surface area contributed by atoms with E-state index < -0.39 is 0 Å². The fourth-order valence-electron chi connectivity index (χ4n) is 4.95. The van der Waals surface area contributed by atoms with Crippen LogP contribution in [-0.2, 0) is 27.2 Å². The average molecular weight is 516 g/mol. The van der Waals surface area contributed by atoms with Crippen LogP contribution in [0.1, 0.15) is 34.2 Å². The second-order valence-corrected chi connectivity index (χ2v) is 9.84. The normalized spacial score (nSPS) is 12.8. The summed E-state index contributed by atoms with van der Waals surface area (Å²) in [6.45, 7) is 8.51. The van der Waals surface area contributed by atoms with E-state index in [-0.39, 0.29) is 24.8 Å². The summed E-state index contributed by atoms with van der Waals surface area (Å²) in [7, 11) is 4.30. The van der Waals surface area contributed by atoms with Crippen LogP contribution in [0.2, 0.25) is 0 Å². The van der Waals surface area contributed by atoms with E-state index in [2.05, 4.69) is 125 Å². The fourth-order valence-corrected chi connectivity index (χ4v) is 5.74. The molecule has 0 atom stereocenters. The quantitative estimate of drug-likeness (QED) is 0.316. The van der Waals surface area contributed by atoms with Crippen LogP contribution in [0.15, 0.2) is 66.3 Å². The van der Waals surface area contributed by atoms with Gasteiger partial charge in [-0.05, 0) is 0 Å². The van der Waals surface area contributed by atoms with Crippen LogP contribution >= 0.6 is 24.8 Å². The summed E-state index contributed by atoms with van der Waals surface area (Å²) in [5.41, 5.74) is 11.1. The third-order valence-corrected chi connectivity index (χ3v) is 6.70. The second kappa shape index (κ2) is 11.7. The van der Waals surface area contributed by atoms with Crippen LogP contribution in [0, 0.1) is 20.8 Å². The van der Waals surface area contributed by atoms with Crippen molar-refractivity contribution in [2.45, 2.75) is 33.7 Å². The Bertz CT molecular complexity index is 1170. The molecule has 0 amide bonds. The molecule has 1 aliphatic rings. The monoisotopic (exact) mass is 515 g/mol. The van der Waals surface area contributed by atoms with Crippen LogP contribution in [0.4, 0.5) is 5.69 Å². The molecule has 0 saturated carbocycles. The Balaban J connectivity index is 0.00000193. The van der Waals surface area contributed by atoms with Gasteiger partial charge in [0.15, 0.2) is 0 Å². The zero-order valence-corrected chi connectivity index (χ0v) is 23.3. The van der Waals surface area contributed by atoms with Crippen molar-refractivity contribution < 1.29 is 20.7 Å². The van der Waals surface area contributed by atoms with E-state index in [4.69, 9.17) is 0 Å². The summed E-state index contributed by atoms with van der Waals surface area (Å²) in [5.74, 6) is 0. The van der Waals surface area contributed by atoms with Crippen molar-refractivity contribution in [2.75, 3.05) is 24.0 Å². The van der Waals surface area contributed by atoms with Crippen molar-refractivity contribution in [3.05, 3.63) is 94.1 Å². The molecule has 3 aromatic rings. The number of benzene rings is 3. The maximum Gasteiger partial charge on any atom is -0.147 e. The van der Waals surface area contributed by atoms with E-state index in [0.717, 1.165) is 19.5 Å². The summed E-state index contributed by atoms with van der Waals surface area (Å²) < 4.78 is 2.43. The number of hydrogen-bond acceptors (Lipinski definition) is 2. The number of halogens is 2. The van der Waals surface area contributed by atoms with Gasteiger partial charge < -0.3 is 0 Å². The molecular formula is C28H33Cl2N2Ti. The summed E-state index contributed by atoms with van der Waals surface area (Å²) in [6.07, 6.45) is 5.64. The zero-order valence-electron chi connectivity index (χ0n) is 20.1. The largest absolute Gasteiger partial charge is 0.147 e. The molecule has 33 heavy (non-hydrogen) atoms. The van der Waals surface area contributed by atoms with Gasteiger partial charge in [0.05, 0.1) is 0 Å². The molecule has 0 saturated heterocycles. The van der Waals surface area contributed by atoms with Crippen LogP contribution in [-0.4, -0.2) is 25.5 Å². The van der Waals surface area contributed by atoms with Gasteiger partial charge in [-0.15, -0.1) is 24.8 Å². The van der Waals surface area contributed by atoms with Gasteiger partial charge in [-0.1, -0.05) is 0 Å². The first-order valence-electron chi connectivity index (χ1n) is 11.0. The molecule has 0 unspecified atom stereocenters. The number of likely N-dealkylation sites (N-methyl/N-ethyl adjacent to an activating group) is 1. The summed E-state index contributed by atoms with van der Waals surface area (Å²) in [6, 6.07) is 18.0. The number of anilines is 1. The van der Waals surface area contributed by atoms with Crippen LogP contribution in [0.5, 0.6) is 0 Å². The van der Waals surface area contributed by atoms with Gasteiger partial charge >= 0.3 is 199 Å². The van der Waals surface area contributed by atoms with Gasteiger partial charge in [-0.25, -0.2) is 0 Å². The number of nitrogens with zero attached hydrogens (tertiary/aromatic N) is 2. The third-order valence-electron chi connectivity index (χ3n) is 6.10. The predicted molar refractivity (Wildman–Crippen MR) is 145 cm³/mol. The number of aryl methyl sites for hydroxylation is 3. The van der Waals surface area contributed by atoms with Crippen LogP contribution < -0.4 is 3.38 Å². The average Bonchev–Trinajstić information content (AvgIpc) is 3.14. The van der Waals surface area contributed by atoms with Crippen molar-refractivity contribution in [2.24, 2.45) is 0 Å². The van der Waals surface area contributed by atoms with Gasteiger partial charge in [0.2, 0.25) is 0 Å². The Labute approximate surface area is 223 Å². The molecule has 0 spiro atoms. The number of rotatable bonds is 6. The van der Waals surface area contributed by atoms with Crippen molar-refractivity contribution in [1.82, 2.24) is 4.90 Å². The molecule has 0 aromatic heterocycles. The Hall–Kier alpha value is -1.55. The Morgan fingerprint density at radius 2 is 1.55 bits per heavy atom. The van der Waals surface area contributed by atoms with Crippen LogP contribution in [0.3, 0.4) is 0 Å². The molecule has 0 bridgehead atoms. The first-order valence-corrected chi connectivity index (χ1v) is 11.7. The molecule has 5 heteroatoms. The van der Waals surface area contributed by atoms with Gasteiger partial charge in [0.25, 0.3) is 0 Å². The maximum absolute atomic E-state index is 2.43. The zero-order chi connectivity index (χ0) is 22.1. The Morgan fingerprint density at radius 1 is 0.879 bits per heavy atom. The van der Waals surface area contributed by atoms with Crippen LogP contribution in [0.25, 0.3) is 16.3 Å². The maximum atomic E-state index is 2.43. The third kappa shape index (κ3) is 5.94. The van der Waals surface area contributed by atoms with Crippen molar-refractivity contribution in [1.29, 1.82) is 0 Å².